The Labute approximate surface area is 94.2 Å². The van der Waals surface area contributed by atoms with Crippen LogP contribution in [0.2, 0.25) is 0 Å². The molecule has 2 saturated heterocycles. The maximum absolute atomic E-state index is 8.76. The van der Waals surface area contributed by atoms with Crippen molar-refractivity contribution in [2.24, 2.45) is 0 Å². The standard InChI is InChI=1S/C12H13N3O/c13-7-8-2-1-3-12(14-8)15-10-6-9-4-5-11(10)16-9/h1-3,9-11H,4-6H2,(H,14,15). The van der Waals surface area contributed by atoms with E-state index in [0.717, 1.165) is 18.7 Å². The summed E-state index contributed by atoms with van der Waals surface area (Å²) < 4.78 is 5.76. The molecule has 0 spiro atoms. The molecule has 3 heterocycles. The van der Waals surface area contributed by atoms with Gasteiger partial charge < -0.3 is 10.1 Å². The fourth-order valence-corrected chi connectivity index (χ4v) is 2.56. The lowest BCUT2D eigenvalue weighted by Crippen LogP contribution is -2.30. The average molecular weight is 215 g/mol. The first-order chi connectivity index (χ1) is 7.85. The van der Waals surface area contributed by atoms with Crippen molar-refractivity contribution in [3.05, 3.63) is 23.9 Å². The molecule has 0 amide bonds. The van der Waals surface area contributed by atoms with E-state index in [0.29, 0.717) is 23.9 Å². The summed E-state index contributed by atoms with van der Waals surface area (Å²) in [5, 5.41) is 12.1. The summed E-state index contributed by atoms with van der Waals surface area (Å²) in [6, 6.07) is 7.86. The minimum Gasteiger partial charge on any atom is -0.373 e. The van der Waals surface area contributed by atoms with E-state index in [4.69, 9.17) is 10.00 Å². The van der Waals surface area contributed by atoms with E-state index in [1.54, 1.807) is 6.07 Å². The normalized spacial score (nSPS) is 31.3. The minimum atomic E-state index is 0.331. The second kappa shape index (κ2) is 3.76. The number of nitriles is 1. The molecular formula is C12H13N3O. The van der Waals surface area contributed by atoms with Gasteiger partial charge in [0.25, 0.3) is 0 Å². The molecule has 3 rings (SSSR count). The van der Waals surface area contributed by atoms with Gasteiger partial charge in [-0.15, -0.1) is 0 Å². The maximum Gasteiger partial charge on any atom is 0.142 e. The largest absolute Gasteiger partial charge is 0.373 e. The number of anilines is 1. The molecule has 2 aliphatic heterocycles. The molecule has 82 valence electrons. The zero-order valence-electron chi connectivity index (χ0n) is 8.89. The van der Waals surface area contributed by atoms with Crippen LogP contribution < -0.4 is 5.32 Å². The summed E-state index contributed by atoms with van der Waals surface area (Å²) in [7, 11) is 0. The fourth-order valence-electron chi connectivity index (χ4n) is 2.56. The van der Waals surface area contributed by atoms with E-state index < -0.39 is 0 Å². The molecule has 1 N–H and O–H groups in total. The van der Waals surface area contributed by atoms with Crippen molar-refractivity contribution in [1.29, 1.82) is 5.26 Å². The van der Waals surface area contributed by atoms with Crippen LogP contribution in [0.25, 0.3) is 0 Å². The molecule has 3 unspecified atom stereocenters. The van der Waals surface area contributed by atoms with E-state index in [1.807, 2.05) is 18.2 Å². The zero-order chi connectivity index (χ0) is 11.0. The van der Waals surface area contributed by atoms with Crippen molar-refractivity contribution < 1.29 is 4.74 Å². The van der Waals surface area contributed by atoms with Crippen molar-refractivity contribution in [3.8, 4) is 6.07 Å². The molecule has 4 heteroatoms. The second-order valence-electron chi connectivity index (χ2n) is 4.38. The Morgan fingerprint density at radius 2 is 2.38 bits per heavy atom. The topological polar surface area (TPSA) is 57.9 Å². The zero-order valence-corrected chi connectivity index (χ0v) is 8.89. The highest BCUT2D eigenvalue weighted by Gasteiger charge is 2.40. The first-order valence-electron chi connectivity index (χ1n) is 5.64. The van der Waals surface area contributed by atoms with E-state index in [-0.39, 0.29) is 0 Å². The third-order valence-electron chi connectivity index (χ3n) is 3.30. The first kappa shape index (κ1) is 9.61. The first-order valence-corrected chi connectivity index (χ1v) is 5.64. The molecule has 0 saturated carbocycles. The van der Waals surface area contributed by atoms with Crippen molar-refractivity contribution >= 4 is 5.82 Å². The summed E-state index contributed by atoms with van der Waals surface area (Å²) in [5.41, 5.74) is 0.453. The highest BCUT2D eigenvalue weighted by atomic mass is 16.5. The molecule has 0 radical (unpaired) electrons. The lowest BCUT2D eigenvalue weighted by molar-refractivity contribution is 0.102. The Hall–Kier alpha value is -1.60. The van der Waals surface area contributed by atoms with Gasteiger partial charge in [-0.2, -0.15) is 5.26 Å². The van der Waals surface area contributed by atoms with Crippen LogP contribution in [0, 0.1) is 11.3 Å². The van der Waals surface area contributed by atoms with Crippen molar-refractivity contribution in [2.45, 2.75) is 37.5 Å². The van der Waals surface area contributed by atoms with Gasteiger partial charge >= 0.3 is 0 Å². The van der Waals surface area contributed by atoms with Crippen LogP contribution in [-0.2, 0) is 4.74 Å². The number of hydrogen-bond donors (Lipinski definition) is 1. The Kier molecular flexibility index (Phi) is 2.26. The van der Waals surface area contributed by atoms with Crippen molar-refractivity contribution in [3.63, 3.8) is 0 Å². The van der Waals surface area contributed by atoms with Crippen molar-refractivity contribution in [2.75, 3.05) is 5.32 Å². The summed E-state index contributed by atoms with van der Waals surface area (Å²) in [5.74, 6) is 0.778. The summed E-state index contributed by atoms with van der Waals surface area (Å²) in [6.45, 7) is 0. The van der Waals surface area contributed by atoms with Gasteiger partial charge in [-0.05, 0) is 31.4 Å². The monoisotopic (exact) mass is 215 g/mol. The number of ether oxygens (including phenoxy) is 1. The number of rotatable bonds is 2. The molecule has 1 aromatic rings. The molecule has 16 heavy (non-hydrogen) atoms. The van der Waals surface area contributed by atoms with Crippen LogP contribution in [0.5, 0.6) is 0 Å². The number of pyridine rings is 1. The number of aromatic nitrogens is 1. The Balaban J connectivity index is 1.72. The summed E-state index contributed by atoms with van der Waals surface area (Å²) >= 11 is 0. The third kappa shape index (κ3) is 1.63. The van der Waals surface area contributed by atoms with Gasteiger partial charge in [0.2, 0.25) is 0 Å². The van der Waals surface area contributed by atoms with Gasteiger partial charge in [0.15, 0.2) is 0 Å². The van der Waals surface area contributed by atoms with Crippen LogP contribution in [0.3, 0.4) is 0 Å². The van der Waals surface area contributed by atoms with Gasteiger partial charge in [0.1, 0.15) is 17.6 Å². The van der Waals surface area contributed by atoms with Gasteiger partial charge in [0.05, 0.1) is 18.2 Å². The Morgan fingerprint density at radius 3 is 3.06 bits per heavy atom. The fraction of sp³-hybridized carbons (Fsp3) is 0.500. The maximum atomic E-state index is 8.76. The highest BCUT2D eigenvalue weighted by molar-refractivity contribution is 5.40. The second-order valence-corrected chi connectivity index (χ2v) is 4.38. The van der Waals surface area contributed by atoms with Crippen LogP contribution in [0.4, 0.5) is 5.82 Å². The van der Waals surface area contributed by atoms with Gasteiger partial charge in [-0.25, -0.2) is 4.98 Å². The molecule has 0 aliphatic carbocycles. The van der Waals surface area contributed by atoms with Crippen LogP contribution in [-0.4, -0.2) is 23.2 Å². The van der Waals surface area contributed by atoms with E-state index >= 15 is 0 Å². The number of fused-ring (bicyclic) bond motifs is 2. The molecule has 3 atom stereocenters. The van der Waals surface area contributed by atoms with E-state index in [9.17, 15) is 0 Å². The molecule has 0 aromatic carbocycles. The Bertz CT molecular complexity index is 440. The lowest BCUT2D eigenvalue weighted by Gasteiger charge is -2.20. The predicted molar refractivity (Wildman–Crippen MR) is 58.9 cm³/mol. The van der Waals surface area contributed by atoms with Gasteiger partial charge in [-0.3, -0.25) is 0 Å². The third-order valence-corrected chi connectivity index (χ3v) is 3.30. The smallest absolute Gasteiger partial charge is 0.142 e. The van der Waals surface area contributed by atoms with Gasteiger partial charge in [-0.1, -0.05) is 6.07 Å². The molecule has 2 bridgehead atoms. The minimum absolute atomic E-state index is 0.331. The molecular weight excluding hydrogens is 202 g/mol. The van der Waals surface area contributed by atoms with E-state index in [1.165, 1.54) is 6.42 Å². The molecule has 2 aliphatic rings. The summed E-state index contributed by atoms with van der Waals surface area (Å²) in [4.78, 5) is 4.21. The predicted octanol–water partition coefficient (Wildman–Crippen LogP) is 1.69. The van der Waals surface area contributed by atoms with Crippen LogP contribution in [0.15, 0.2) is 18.2 Å². The Morgan fingerprint density at radius 1 is 1.44 bits per heavy atom. The average Bonchev–Trinajstić information content (AvgIpc) is 2.91. The molecule has 1 aromatic heterocycles. The van der Waals surface area contributed by atoms with Crippen LogP contribution in [0.1, 0.15) is 25.0 Å². The lowest BCUT2D eigenvalue weighted by atomic mass is 9.95. The van der Waals surface area contributed by atoms with Crippen LogP contribution >= 0.6 is 0 Å². The highest BCUT2D eigenvalue weighted by Crippen LogP contribution is 2.35. The summed E-state index contributed by atoms with van der Waals surface area (Å²) in [6.07, 6.45) is 4.15. The van der Waals surface area contributed by atoms with Crippen molar-refractivity contribution in [1.82, 2.24) is 4.98 Å². The number of nitrogens with zero attached hydrogens (tertiary/aromatic N) is 2. The SMILES string of the molecule is N#Cc1cccc(NC2CC3CCC2O3)n1. The number of hydrogen-bond acceptors (Lipinski definition) is 4. The quantitative estimate of drug-likeness (QED) is 0.815. The van der Waals surface area contributed by atoms with E-state index in [2.05, 4.69) is 10.3 Å². The van der Waals surface area contributed by atoms with Gasteiger partial charge in [0, 0.05) is 0 Å². The molecule has 4 nitrogen and oxygen atoms in total. The number of nitrogens with one attached hydrogen (secondary N) is 1. The molecule has 2 fully saturated rings.